The van der Waals surface area contributed by atoms with Gasteiger partial charge in [0.1, 0.15) is 5.75 Å². The molecule has 0 fully saturated rings. The summed E-state index contributed by atoms with van der Waals surface area (Å²) in [5.41, 5.74) is 1.13. The molecule has 1 aromatic heterocycles. The van der Waals surface area contributed by atoms with Crippen molar-refractivity contribution in [2.75, 3.05) is 20.2 Å². The number of hydrogen-bond acceptors (Lipinski definition) is 4. The molecule has 5 nitrogen and oxygen atoms in total. The zero-order valence-electron chi connectivity index (χ0n) is 16.2. The Bertz CT molecular complexity index is 697. The van der Waals surface area contributed by atoms with Gasteiger partial charge in [-0.15, -0.1) is 11.3 Å². The summed E-state index contributed by atoms with van der Waals surface area (Å²) in [6, 6.07) is 8.16. The van der Waals surface area contributed by atoms with E-state index >= 15 is 0 Å². The van der Waals surface area contributed by atoms with E-state index in [1.807, 2.05) is 24.4 Å². The van der Waals surface area contributed by atoms with E-state index in [-0.39, 0.29) is 0 Å². The lowest BCUT2D eigenvalue weighted by molar-refractivity contribution is 0.286. The quantitative estimate of drug-likeness (QED) is 0.518. The molecule has 6 heteroatoms. The van der Waals surface area contributed by atoms with Crippen LogP contribution in [0.1, 0.15) is 35.7 Å². The monoisotopic (exact) mass is 374 g/mol. The Morgan fingerprint density at radius 1 is 1.27 bits per heavy atom. The van der Waals surface area contributed by atoms with Crippen LogP contribution in [0.4, 0.5) is 0 Å². The number of thiazole rings is 1. The van der Waals surface area contributed by atoms with Crippen molar-refractivity contribution < 1.29 is 4.74 Å². The number of para-hydroxylation sites is 1. The molecule has 2 aromatic rings. The second kappa shape index (κ2) is 10.8. The van der Waals surface area contributed by atoms with Crippen molar-refractivity contribution in [2.45, 2.75) is 40.2 Å². The summed E-state index contributed by atoms with van der Waals surface area (Å²) in [4.78, 5) is 9.92. The lowest BCUT2D eigenvalue weighted by atomic mass is 10.1. The summed E-state index contributed by atoms with van der Waals surface area (Å²) in [7, 11) is 1.79. The first-order chi connectivity index (χ1) is 12.6. The molecule has 26 heavy (non-hydrogen) atoms. The largest absolute Gasteiger partial charge is 0.493 e. The van der Waals surface area contributed by atoms with Gasteiger partial charge in [0.2, 0.25) is 0 Å². The van der Waals surface area contributed by atoms with Gasteiger partial charge in [-0.25, -0.2) is 4.98 Å². The average molecular weight is 375 g/mol. The maximum Gasteiger partial charge on any atom is 0.191 e. The SMILES string of the molecule is CN=C(NCCc1ncc(C)s1)NCc1ccccc1OCCC(C)C. The molecule has 0 aliphatic rings. The molecule has 0 radical (unpaired) electrons. The molecule has 0 saturated carbocycles. The maximum atomic E-state index is 5.95. The van der Waals surface area contributed by atoms with Gasteiger partial charge in [0.25, 0.3) is 0 Å². The number of aliphatic imine (C=N–C) groups is 1. The second-order valence-electron chi connectivity index (χ2n) is 6.61. The summed E-state index contributed by atoms with van der Waals surface area (Å²) in [5, 5.41) is 7.85. The molecule has 0 bridgehead atoms. The predicted molar refractivity (Wildman–Crippen MR) is 110 cm³/mol. The fourth-order valence-corrected chi connectivity index (χ4v) is 3.19. The number of rotatable bonds is 9. The Labute approximate surface area is 160 Å². The Kier molecular flexibility index (Phi) is 8.41. The Morgan fingerprint density at radius 3 is 2.77 bits per heavy atom. The third-order valence-corrected chi connectivity index (χ3v) is 4.87. The van der Waals surface area contributed by atoms with E-state index in [0.717, 1.165) is 48.3 Å². The third kappa shape index (κ3) is 7.04. The summed E-state index contributed by atoms with van der Waals surface area (Å²) in [5.74, 6) is 2.37. The van der Waals surface area contributed by atoms with Gasteiger partial charge in [-0.3, -0.25) is 4.99 Å². The van der Waals surface area contributed by atoms with Gasteiger partial charge < -0.3 is 15.4 Å². The normalized spacial score (nSPS) is 11.7. The van der Waals surface area contributed by atoms with Crippen LogP contribution < -0.4 is 15.4 Å². The van der Waals surface area contributed by atoms with Gasteiger partial charge in [0.05, 0.1) is 11.6 Å². The van der Waals surface area contributed by atoms with Crippen LogP contribution in [0.15, 0.2) is 35.5 Å². The van der Waals surface area contributed by atoms with E-state index in [2.05, 4.69) is 47.4 Å². The smallest absolute Gasteiger partial charge is 0.191 e. The third-order valence-electron chi connectivity index (χ3n) is 3.90. The molecule has 0 aliphatic carbocycles. The number of guanidine groups is 1. The van der Waals surface area contributed by atoms with Crippen LogP contribution in [0.25, 0.3) is 0 Å². The van der Waals surface area contributed by atoms with Crippen molar-refractivity contribution in [1.82, 2.24) is 15.6 Å². The van der Waals surface area contributed by atoms with Crippen LogP contribution in [0.2, 0.25) is 0 Å². The van der Waals surface area contributed by atoms with Crippen LogP contribution >= 0.6 is 11.3 Å². The van der Waals surface area contributed by atoms with Crippen LogP contribution in [0.3, 0.4) is 0 Å². The summed E-state index contributed by atoms with van der Waals surface area (Å²) < 4.78 is 5.95. The van der Waals surface area contributed by atoms with Gasteiger partial charge in [0, 0.05) is 43.2 Å². The Hall–Kier alpha value is -2.08. The van der Waals surface area contributed by atoms with Crippen molar-refractivity contribution in [3.63, 3.8) is 0 Å². The van der Waals surface area contributed by atoms with Crippen LogP contribution in [-0.4, -0.2) is 31.1 Å². The number of nitrogens with zero attached hydrogens (tertiary/aromatic N) is 2. The molecule has 1 heterocycles. The van der Waals surface area contributed by atoms with Crippen molar-refractivity contribution in [3.05, 3.63) is 45.9 Å². The van der Waals surface area contributed by atoms with E-state index in [4.69, 9.17) is 4.74 Å². The molecule has 0 amide bonds. The van der Waals surface area contributed by atoms with E-state index in [1.54, 1.807) is 18.4 Å². The zero-order valence-corrected chi connectivity index (χ0v) is 17.0. The molecule has 0 saturated heterocycles. The second-order valence-corrected chi connectivity index (χ2v) is 7.93. The van der Waals surface area contributed by atoms with E-state index in [9.17, 15) is 0 Å². The highest BCUT2D eigenvalue weighted by atomic mass is 32.1. The topological polar surface area (TPSA) is 58.5 Å². The highest BCUT2D eigenvalue weighted by Crippen LogP contribution is 2.18. The Balaban J connectivity index is 1.80. The molecule has 142 valence electrons. The minimum atomic E-state index is 0.643. The predicted octanol–water partition coefficient (Wildman–Crippen LogP) is 3.78. The zero-order chi connectivity index (χ0) is 18.8. The van der Waals surface area contributed by atoms with E-state index < -0.39 is 0 Å². The standard InChI is InChI=1S/C20H30N4OS/c1-15(2)10-12-25-18-8-6-5-7-17(18)14-24-20(21-4)22-11-9-19-23-13-16(3)26-19/h5-8,13,15H,9-12,14H2,1-4H3,(H2,21,22,24). The molecule has 1 aromatic carbocycles. The van der Waals surface area contributed by atoms with Gasteiger partial charge in [-0.2, -0.15) is 0 Å². The summed E-state index contributed by atoms with van der Waals surface area (Å²) >= 11 is 1.74. The number of aromatic nitrogens is 1. The number of hydrogen-bond donors (Lipinski definition) is 2. The molecular weight excluding hydrogens is 344 g/mol. The van der Waals surface area contributed by atoms with Crippen molar-refractivity contribution in [3.8, 4) is 5.75 Å². The van der Waals surface area contributed by atoms with Crippen molar-refractivity contribution >= 4 is 17.3 Å². The Morgan fingerprint density at radius 2 is 2.08 bits per heavy atom. The molecule has 0 aliphatic heterocycles. The summed E-state index contributed by atoms with van der Waals surface area (Å²) in [6.07, 6.45) is 3.87. The number of aryl methyl sites for hydroxylation is 1. The van der Waals surface area contributed by atoms with Crippen LogP contribution in [0.5, 0.6) is 5.75 Å². The fraction of sp³-hybridized carbons (Fsp3) is 0.500. The van der Waals surface area contributed by atoms with Crippen LogP contribution in [0, 0.1) is 12.8 Å². The maximum absolute atomic E-state index is 5.95. The van der Waals surface area contributed by atoms with Gasteiger partial charge in [-0.05, 0) is 25.3 Å². The number of nitrogens with one attached hydrogen (secondary N) is 2. The van der Waals surface area contributed by atoms with E-state index in [1.165, 1.54) is 4.88 Å². The molecule has 0 unspecified atom stereocenters. The van der Waals surface area contributed by atoms with Gasteiger partial charge in [-0.1, -0.05) is 32.0 Å². The van der Waals surface area contributed by atoms with Crippen molar-refractivity contribution in [2.24, 2.45) is 10.9 Å². The van der Waals surface area contributed by atoms with Gasteiger partial charge in [0.15, 0.2) is 5.96 Å². The highest BCUT2D eigenvalue weighted by Gasteiger charge is 2.06. The number of ether oxygens (including phenoxy) is 1. The highest BCUT2D eigenvalue weighted by molar-refractivity contribution is 7.11. The molecule has 0 spiro atoms. The first kappa shape index (κ1) is 20.2. The molecule has 2 N–H and O–H groups in total. The average Bonchev–Trinajstić information content (AvgIpc) is 3.04. The van der Waals surface area contributed by atoms with Gasteiger partial charge >= 0.3 is 0 Å². The van der Waals surface area contributed by atoms with E-state index in [0.29, 0.717) is 12.5 Å². The number of benzene rings is 1. The lowest BCUT2D eigenvalue weighted by Gasteiger charge is -2.15. The first-order valence-corrected chi connectivity index (χ1v) is 9.96. The molecular formula is C20H30N4OS. The molecule has 0 atom stereocenters. The summed E-state index contributed by atoms with van der Waals surface area (Å²) in [6.45, 7) is 8.72. The lowest BCUT2D eigenvalue weighted by Crippen LogP contribution is -2.37. The minimum Gasteiger partial charge on any atom is -0.493 e. The minimum absolute atomic E-state index is 0.643. The van der Waals surface area contributed by atoms with Crippen LogP contribution in [-0.2, 0) is 13.0 Å². The molecule has 2 rings (SSSR count). The fourth-order valence-electron chi connectivity index (χ4n) is 2.40. The first-order valence-electron chi connectivity index (χ1n) is 9.15. The van der Waals surface area contributed by atoms with Crippen molar-refractivity contribution in [1.29, 1.82) is 0 Å².